The first-order valence-corrected chi connectivity index (χ1v) is 15.7. The van der Waals surface area contributed by atoms with Crippen LogP contribution >= 0.6 is 46.7 Å². The van der Waals surface area contributed by atoms with E-state index in [0.717, 1.165) is 45.3 Å². The predicted octanol–water partition coefficient (Wildman–Crippen LogP) is 7.14. The number of nitrogens with zero attached hydrogens (tertiary/aromatic N) is 2. The Morgan fingerprint density at radius 2 is 1.73 bits per heavy atom. The standard InChI is InChI=1S/C28H23ClN4O3S3.ClH/c1-33-15-14-20-24(16-33)38-28(25(20)27-30-22-8-4-5-9-23(22)37-27)31-26(34)19-6-2-3-7-21(19)32-39(35,36)18-12-10-17(29)11-13-18;/h2-13,32H,14-16H2,1H3,(H,31,34);1H. The molecule has 5 aromatic rings. The number of benzene rings is 3. The van der Waals surface area contributed by atoms with Crippen LogP contribution in [0.2, 0.25) is 5.02 Å². The van der Waals surface area contributed by atoms with Crippen LogP contribution in [0.15, 0.2) is 77.7 Å². The number of fused-ring (bicyclic) bond motifs is 2. The molecule has 0 spiro atoms. The summed E-state index contributed by atoms with van der Waals surface area (Å²) in [6, 6.07) is 20.4. The van der Waals surface area contributed by atoms with Gasteiger partial charge in [-0.2, -0.15) is 0 Å². The number of hydrogen-bond acceptors (Lipinski definition) is 7. The number of thiazole rings is 1. The lowest BCUT2D eigenvalue weighted by atomic mass is 10.0. The van der Waals surface area contributed by atoms with Crippen molar-refractivity contribution in [1.29, 1.82) is 0 Å². The van der Waals surface area contributed by atoms with Gasteiger partial charge in [-0.1, -0.05) is 35.9 Å². The number of amides is 1. The SMILES string of the molecule is CN1CCc2c(sc(NC(=O)c3ccccc3NS(=O)(=O)c3ccc(Cl)cc3)c2-c2nc3ccccc3s2)C1.Cl. The Kier molecular flexibility index (Phi) is 8.19. The maximum atomic E-state index is 13.7. The third kappa shape index (κ3) is 5.60. The van der Waals surface area contributed by atoms with E-state index >= 15 is 0 Å². The molecule has 0 saturated carbocycles. The van der Waals surface area contributed by atoms with Crippen LogP contribution in [0, 0.1) is 0 Å². The number of likely N-dealkylation sites (N-methyl/N-ethyl adjacent to an activating group) is 1. The Morgan fingerprint density at radius 1 is 1.00 bits per heavy atom. The molecule has 2 N–H and O–H groups in total. The van der Waals surface area contributed by atoms with Crippen molar-refractivity contribution in [2.24, 2.45) is 0 Å². The molecule has 0 unspecified atom stereocenters. The molecule has 0 atom stereocenters. The summed E-state index contributed by atoms with van der Waals surface area (Å²) in [7, 11) is -1.85. The fourth-order valence-corrected chi connectivity index (χ4v) is 8.22. The van der Waals surface area contributed by atoms with Crippen molar-refractivity contribution in [2.75, 3.05) is 23.6 Å². The number of nitrogens with one attached hydrogen (secondary N) is 2. The third-order valence-corrected chi connectivity index (χ3v) is 10.3. The Labute approximate surface area is 251 Å². The highest BCUT2D eigenvalue weighted by atomic mass is 35.5. The molecule has 0 bridgehead atoms. The Balaban J connectivity index is 0.00000323. The first kappa shape index (κ1) is 28.5. The molecule has 6 rings (SSSR count). The Morgan fingerprint density at radius 3 is 2.50 bits per heavy atom. The maximum absolute atomic E-state index is 13.7. The molecule has 1 aliphatic rings. The van der Waals surface area contributed by atoms with Gasteiger partial charge in [0.05, 0.1) is 26.4 Å². The molecule has 3 aromatic carbocycles. The molecule has 0 aliphatic carbocycles. The lowest BCUT2D eigenvalue weighted by Gasteiger charge is -2.22. The number of para-hydroxylation sites is 2. The van der Waals surface area contributed by atoms with E-state index in [9.17, 15) is 13.2 Å². The average molecular weight is 632 g/mol. The number of sulfonamides is 1. The second kappa shape index (κ2) is 11.5. The summed E-state index contributed by atoms with van der Waals surface area (Å²) in [6.45, 7) is 1.72. The molecule has 0 saturated heterocycles. The van der Waals surface area contributed by atoms with Gasteiger partial charge in [0, 0.05) is 28.6 Å². The molecule has 40 heavy (non-hydrogen) atoms. The van der Waals surface area contributed by atoms with Crippen LogP contribution in [0.4, 0.5) is 10.7 Å². The van der Waals surface area contributed by atoms with Gasteiger partial charge in [0.25, 0.3) is 15.9 Å². The predicted molar refractivity (Wildman–Crippen MR) is 167 cm³/mol. The summed E-state index contributed by atoms with van der Waals surface area (Å²) in [5.41, 5.74) is 3.49. The summed E-state index contributed by atoms with van der Waals surface area (Å²) in [4.78, 5) is 22.0. The monoisotopic (exact) mass is 630 g/mol. The number of halogens is 2. The van der Waals surface area contributed by atoms with Crippen molar-refractivity contribution in [3.63, 3.8) is 0 Å². The van der Waals surface area contributed by atoms with Gasteiger partial charge in [-0.25, -0.2) is 13.4 Å². The van der Waals surface area contributed by atoms with Crippen LogP contribution in [0.25, 0.3) is 20.8 Å². The first-order valence-electron chi connectivity index (χ1n) is 12.2. The first-order chi connectivity index (χ1) is 18.8. The van der Waals surface area contributed by atoms with Crippen LogP contribution in [0.5, 0.6) is 0 Å². The average Bonchev–Trinajstić information content (AvgIpc) is 3.49. The summed E-state index contributed by atoms with van der Waals surface area (Å²) >= 11 is 9.08. The quantitative estimate of drug-likeness (QED) is 0.208. The van der Waals surface area contributed by atoms with Gasteiger partial charge in [-0.05, 0) is 67.6 Å². The van der Waals surface area contributed by atoms with E-state index in [1.165, 1.54) is 34.7 Å². The minimum absolute atomic E-state index is 0. The number of rotatable bonds is 6. The number of hydrogen-bond donors (Lipinski definition) is 2. The van der Waals surface area contributed by atoms with Crippen LogP contribution in [0.3, 0.4) is 0 Å². The Bertz CT molecular complexity index is 1790. The van der Waals surface area contributed by atoms with E-state index in [0.29, 0.717) is 5.02 Å². The normalized spacial score (nSPS) is 13.4. The molecule has 206 valence electrons. The third-order valence-electron chi connectivity index (χ3n) is 6.52. The van der Waals surface area contributed by atoms with E-state index in [1.54, 1.807) is 46.9 Å². The number of aromatic nitrogens is 1. The van der Waals surface area contributed by atoms with Crippen molar-refractivity contribution >= 4 is 83.5 Å². The van der Waals surface area contributed by atoms with Gasteiger partial charge in [-0.15, -0.1) is 35.1 Å². The van der Waals surface area contributed by atoms with Crippen LogP contribution < -0.4 is 10.0 Å². The van der Waals surface area contributed by atoms with Crippen LogP contribution in [0.1, 0.15) is 20.8 Å². The molecule has 2 aromatic heterocycles. The van der Waals surface area contributed by atoms with Gasteiger partial charge in [0.1, 0.15) is 10.0 Å². The maximum Gasteiger partial charge on any atom is 0.261 e. The largest absolute Gasteiger partial charge is 0.313 e. The van der Waals surface area contributed by atoms with Crippen molar-refractivity contribution in [1.82, 2.24) is 9.88 Å². The Hall–Kier alpha value is -2.99. The molecule has 3 heterocycles. The fraction of sp³-hybridized carbons (Fsp3) is 0.143. The highest BCUT2D eigenvalue weighted by Gasteiger charge is 2.27. The second-order valence-corrected chi connectivity index (χ2v) is 13.5. The van der Waals surface area contributed by atoms with Gasteiger partial charge in [0.2, 0.25) is 0 Å². The van der Waals surface area contributed by atoms with Gasteiger partial charge < -0.3 is 10.2 Å². The molecule has 7 nitrogen and oxygen atoms in total. The lowest BCUT2D eigenvalue weighted by molar-refractivity contribution is 0.102. The van der Waals surface area contributed by atoms with Crippen molar-refractivity contribution < 1.29 is 13.2 Å². The molecular weight excluding hydrogens is 607 g/mol. The van der Waals surface area contributed by atoms with Crippen molar-refractivity contribution in [3.8, 4) is 10.6 Å². The topological polar surface area (TPSA) is 91.4 Å². The minimum Gasteiger partial charge on any atom is -0.313 e. The number of anilines is 2. The number of carbonyl (C=O) groups is 1. The highest BCUT2D eigenvalue weighted by molar-refractivity contribution is 7.92. The van der Waals surface area contributed by atoms with E-state index < -0.39 is 15.9 Å². The second-order valence-electron chi connectivity index (χ2n) is 9.24. The summed E-state index contributed by atoms with van der Waals surface area (Å²) in [6.07, 6.45) is 0.862. The van der Waals surface area contributed by atoms with E-state index in [4.69, 9.17) is 16.6 Å². The number of thiophene rings is 1. The molecule has 0 radical (unpaired) electrons. The molecular formula is C28H24Cl2N4O3S3. The van der Waals surface area contributed by atoms with Crippen LogP contribution in [-0.4, -0.2) is 37.8 Å². The minimum atomic E-state index is -3.93. The van der Waals surface area contributed by atoms with Crippen LogP contribution in [-0.2, 0) is 23.0 Å². The zero-order valence-electron chi connectivity index (χ0n) is 21.2. The van der Waals surface area contributed by atoms with Gasteiger partial charge in [-0.3, -0.25) is 9.52 Å². The summed E-state index contributed by atoms with van der Waals surface area (Å²) in [5.74, 6) is -0.404. The number of carbonyl (C=O) groups excluding carboxylic acids is 1. The van der Waals surface area contributed by atoms with E-state index in [-0.39, 0.29) is 28.6 Å². The smallest absolute Gasteiger partial charge is 0.261 e. The molecule has 1 amide bonds. The summed E-state index contributed by atoms with van der Waals surface area (Å²) in [5, 5.41) is 5.11. The fourth-order valence-electron chi connectivity index (χ4n) is 4.58. The highest BCUT2D eigenvalue weighted by Crippen LogP contribution is 2.45. The zero-order chi connectivity index (χ0) is 27.1. The molecule has 0 fully saturated rings. The van der Waals surface area contributed by atoms with Crippen molar-refractivity contribution in [2.45, 2.75) is 17.9 Å². The van der Waals surface area contributed by atoms with E-state index in [1.807, 2.05) is 24.3 Å². The zero-order valence-corrected chi connectivity index (χ0v) is 25.2. The molecule has 12 heteroatoms. The van der Waals surface area contributed by atoms with E-state index in [2.05, 4.69) is 22.0 Å². The summed E-state index contributed by atoms with van der Waals surface area (Å²) < 4.78 is 29.7. The van der Waals surface area contributed by atoms with Crippen molar-refractivity contribution in [3.05, 3.63) is 93.8 Å². The van der Waals surface area contributed by atoms with Gasteiger partial charge >= 0.3 is 0 Å². The molecule has 1 aliphatic heterocycles. The lowest BCUT2D eigenvalue weighted by Crippen LogP contribution is -2.25. The van der Waals surface area contributed by atoms with Gasteiger partial charge in [0.15, 0.2) is 0 Å².